The molecule has 0 aliphatic carbocycles. The highest BCUT2D eigenvalue weighted by Crippen LogP contribution is 2.23. The molecule has 4 aromatic rings. The molecule has 3 aromatic heterocycles. The summed E-state index contributed by atoms with van der Waals surface area (Å²) in [6.45, 7) is 2.61. The second kappa shape index (κ2) is 6.22. The van der Waals surface area contributed by atoms with Crippen molar-refractivity contribution in [3.63, 3.8) is 0 Å². The molecule has 0 bridgehead atoms. The number of benzene rings is 1. The van der Waals surface area contributed by atoms with Crippen LogP contribution in [-0.4, -0.2) is 55.3 Å². The van der Waals surface area contributed by atoms with Crippen LogP contribution in [0.1, 0.15) is 7.12 Å². The third-order valence-electron chi connectivity index (χ3n) is 4.60. The zero-order chi connectivity index (χ0) is 18.4. The monoisotopic (exact) mass is 368 g/mol. The fourth-order valence-electron chi connectivity index (χ4n) is 3.17. The first-order valence-electron chi connectivity index (χ1n) is 8.67. The molecule has 5 rings (SSSR count). The van der Waals surface area contributed by atoms with E-state index < -0.39 is 12.2 Å². The Labute approximate surface area is 155 Å². The zero-order valence-corrected chi connectivity index (χ0v) is 14.6. The minimum absolute atomic E-state index is 0. The SMILES string of the molecule is Cc1[nH]nc2cc(Nc3nc4cccc(O[C@@H]5COC[C@@H]5O)n4n3)ccc12.[HH]. The minimum atomic E-state index is -0.648. The van der Waals surface area contributed by atoms with Crippen molar-refractivity contribution < 1.29 is 16.0 Å². The van der Waals surface area contributed by atoms with Crippen molar-refractivity contribution in [1.29, 1.82) is 0 Å². The Balaban J connectivity index is 0.00000192. The van der Waals surface area contributed by atoms with Crippen LogP contribution in [-0.2, 0) is 4.74 Å². The summed E-state index contributed by atoms with van der Waals surface area (Å²) >= 11 is 0. The highest BCUT2D eigenvalue weighted by molar-refractivity contribution is 5.84. The van der Waals surface area contributed by atoms with E-state index in [0.29, 0.717) is 24.1 Å². The molecular formula is C18H20N6O3. The van der Waals surface area contributed by atoms with Gasteiger partial charge in [0.05, 0.1) is 18.7 Å². The van der Waals surface area contributed by atoms with Crippen molar-refractivity contribution in [2.24, 2.45) is 0 Å². The summed E-state index contributed by atoms with van der Waals surface area (Å²) in [7, 11) is 0. The average Bonchev–Trinajstić information content (AvgIpc) is 3.35. The van der Waals surface area contributed by atoms with Crippen LogP contribution < -0.4 is 10.1 Å². The van der Waals surface area contributed by atoms with Crippen molar-refractivity contribution in [1.82, 2.24) is 24.8 Å². The normalized spacial score (nSPS) is 19.8. The lowest BCUT2D eigenvalue weighted by Crippen LogP contribution is -2.30. The molecule has 4 heterocycles. The summed E-state index contributed by atoms with van der Waals surface area (Å²) in [4.78, 5) is 4.49. The van der Waals surface area contributed by atoms with Gasteiger partial charge in [-0.15, -0.1) is 5.10 Å². The van der Waals surface area contributed by atoms with Crippen molar-refractivity contribution in [2.45, 2.75) is 19.1 Å². The van der Waals surface area contributed by atoms with Gasteiger partial charge >= 0.3 is 0 Å². The van der Waals surface area contributed by atoms with E-state index in [1.807, 2.05) is 37.3 Å². The number of nitrogens with one attached hydrogen (secondary N) is 2. The summed E-state index contributed by atoms with van der Waals surface area (Å²) in [5.41, 5.74) is 3.38. The zero-order valence-electron chi connectivity index (χ0n) is 14.6. The van der Waals surface area contributed by atoms with Gasteiger partial charge in [0.1, 0.15) is 6.10 Å². The van der Waals surface area contributed by atoms with E-state index in [2.05, 4.69) is 25.6 Å². The van der Waals surface area contributed by atoms with E-state index in [4.69, 9.17) is 9.47 Å². The molecule has 0 unspecified atom stereocenters. The van der Waals surface area contributed by atoms with Gasteiger partial charge < -0.3 is 19.9 Å². The van der Waals surface area contributed by atoms with E-state index in [1.54, 1.807) is 10.6 Å². The highest BCUT2D eigenvalue weighted by Gasteiger charge is 2.28. The largest absolute Gasteiger partial charge is 0.469 e. The Morgan fingerprint density at radius 2 is 2.26 bits per heavy atom. The Morgan fingerprint density at radius 3 is 3.11 bits per heavy atom. The molecule has 0 radical (unpaired) electrons. The molecule has 1 aliphatic rings. The molecule has 0 amide bonds. The molecule has 1 aliphatic heterocycles. The highest BCUT2D eigenvalue weighted by atomic mass is 16.6. The van der Waals surface area contributed by atoms with Crippen LogP contribution in [0, 0.1) is 6.92 Å². The number of hydrogen-bond acceptors (Lipinski definition) is 7. The molecule has 9 heteroatoms. The fourth-order valence-corrected chi connectivity index (χ4v) is 3.17. The molecule has 27 heavy (non-hydrogen) atoms. The molecule has 140 valence electrons. The first-order valence-corrected chi connectivity index (χ1v) is 8.67. The van der Waals surface area contributed by atoms with Crippen LogP contribution in [0.25, 0.3) is 16.6 Å². The number of nitrogens with zero attached hydrogens (tertiary/aromatic N) is 4. The van der Waals surface area contributed by atoms with Gasteiger partial charge in [0.25, 0.3) is 0 Å². The summed E-state index contributed by atoms with van der Waals surface area (Å²) in [6, 6.07) is 11.4. The first kappa shape index (κ1) is 16.0. The van der Waals surface area contributed by atoms with Crippen LogP contribution in [0.3, 0.4) is 0 Å². The van der Waals surface area contributed by atoms with Crippen molar-refractivity contribution in [3.05, 3.63) is 42.1 Å². The molecule has 9 nitrogen and oxygen atoms in total. The predicted molar refractivity (Wildman–Crippen MR) is 100 cm³/mol. The van der Waals surface area contributed by atoms with Crippen LogP contribution in [0.4, 0.5) is 11.6 Å². The number of hydrogen-bond donors (Lipinski definition) is 3. The maximum atomic E-state index is 9.89. The van der Waals surface area contributed by atoms with Gasteiger partial charge in [-0.2, -0.15) is 14.6 Å². The Kier molecular flexibility index (Phi) is 3.69. The van der Waals surface area contributed by atoms with E-state index in [1.165, 1.54) is 0 Å². The lowest BCUT2D eigenvalue weighted by molar-refractivity contribution is 0.0688. The minimum Gasteiger partial charge on any atom is -0.469 e. The lowest BCUT2D eigenvalue weighted by Gasteiger charge is -2.15. The van der Waals surface area contributed by atoms with Gasteiger partial charge in [0.2, 0.25) is 11.8 Å². The molecule has 1 aromatic carbocycles. The summed E-state index contributed by atoms with van der Waals surface area (Å²) in [6.07, 6.45) is -1.06. The van der Waals surface area contributed by atoms with Crippen LogP contribution in [0.5, 0.6) is 5.88 Å². The van der Waals surface area contributed by atoms with Crippen LogP contribution in [0.2, 0.25) is 0 Å². The number of aryl methyl sites for hydroxylation is 1. The second-order valence-corrected chi connectivity index (χ2v) is 6.54. The molecular weight excluding hydrogens is 348 g/mol. The van der Waals surface area contributed by atoms with Gasteiger partial charge in [-0.1, -0.05) is 6.07 Å². The third-order valence-corrected chi connectivity index (χ3v) is 4.60. The number of fused-ring (bicyclic) bond motifs is 2. The number of pyridine rings is 1. The van der Waals surface area contributed by atoms with Gasteiger partial charge in [0.15, 0.2) is 11.8 Å². The molecule has 2 atom stereocenters. The van der Waals surface area contributed by atoms with Crippen molar-refractivity contribution >= 4 is 28.2 Å². The van der Waals surface area contributed by atoms with Gasteiger partial charge in [-0.25, -0.2) is 0 Å². The molecule has 0 spiro atoms. The number of ether oxygens (including phenoxy) is 2. The second-order valence-electron chi connectivity index (χ2n) is 6.54. The number of anilines is 2. The third kappa shape index (κ3) is 2.86. The summed E-state index contributed by atoms with van der Waals surface area (Å²) in [5.74, 6) is 0.946. The molecule has 1 saturated heterocycles. The number of aromatic nitrogens is 5. The first-order chi connectivity index (χ1) is 13.2. The summed E-state index contributed by atoms with van der Waals surface area (Å²) < 4.78 is 12.7. The van der Waals surface area contributed by atoms with E-state index in [-0.39, 0.29) is 8.03 Å². The number of aliphatic hydroxyl groups is 1. The van der Waals surface area contributed by atoms with E-state index in [9.17, 15) is 5.11 Å². The van der Waals surface area contributed by atoms with Crippen LogP contribution in [0.15, 0.2) is 36.4 Å². The van der Waals surface area contributed by atoms with Gasteiger partial charge in [-0.3, -0.25) is 5.10 Å². The van der Waals surface area contributed by atoms with Crippen molar-refractivity contribution in [3.8, 4) is 5.88 Å². The van der Waals surface area contributed by atoms with Crippen molar-refractivity contribution in [2.75, 3.05) is 18.5 Å². The van der Waals surface area contributed by atoms with Gasteiger partial charge in [-0.05, 0) is 31.2 Å². The topological polar surface area (TPSA) is 110 Å². The molecule has 0 saturated carbocycles. The Morgan fingerprint density at radius 1 is 1.33 bits per heavy atom. The quantitative estimate of drug-likeness (QED) is 0.506. The molecule has 3 N–H and O–H groups in total. The predicted octanol–water partition coefficient (Wildman–Crippen LogP) is 2.04. The van der Waals surface area contributed by atoms with E-state index >= 15 is 0 Å². The Bertz CT molecular complexity index is 1130. The maximum absolute atomic E-state index is 9.89. The molecule has 1 fully saturated rings. The lowest BCUT2D eigenvalue weighted by atomic mass is 10.2. The number of aromatic amines is 1. The van der Waals surface area contributed by atoms with E-state index in [0.717, 1.165) is 22.3 Å². The number of H-pyrrole nitrogens is 1. The maximum Gasteiger partial charge on any atom is 0.247 e. The summed E-state index contributed by atoms with van der Waals surface area (Å²) in [5, 5.41) is 25.9. The Hall–Kier alpha value is -3.17. The van der Waals surface area contributed by atoms with Crippen LogP contribution >= 0.6 is 0 Å². The number of rotatable bonds is 4. The number of aliphatic hydroxyl groups excluding tert-OH is 1. The standard InChI is InChI=1S/C18H18N6O3.H2/c1-10-12-6-5-11(7-13(12)22-21-10)19-18-20-16-3-2-4-17(24(16)23-18)27-15-9-26-8-14(15)25;/h2-7,14-15,25H,8-9H2,1H3,(H,19,23)(H,21,22);1H/t14-,15+;/m0./s1. The fraction of sp³-hybridized carbons (Fsp3) is 0.278. The van der Waals surface area contributed by atoms with Gasteiger partial charge in [0, 0.05) is 24.3 Å². The smallest absolute Gasteiger partial charge is 0.247 e. The average molecular weight is 368 g/mol.